The van der Waals surface area contributed by atoms with E-state index in [1.54, 1.807) is 19.9 Å². The van der Waals surface area contributed by atoms with Crippen LogP contribution in [-0.4, -0.2) is 11.1 Å². The van der Waals surface area contributed by atoms with Crippen molar-refractivity contribution in [3.63, 3.8) is 0 Å². The molecule has 0 atom stereocenters. The first-order chi connectivity index (χ1) is 7.74. The van der Waals surface area contributed by atoms with Crippen LogP contribution in [0.1, 0.15) is 37.8 Å². The predicted octanol–water partition coefficient (Wildman–Crippen LogP) is 4.14. The van der Waals surface area contributed by atoms with Crippen molar-refractivity contribution in [2.45, 2.75) is 32.1 Å². The monoisotopic (exact) mass is 306 g/mol. The van der Waals surface area contributed by atoms with E-state index in [-0.39, 0.29) is 12.0 Å². The van der Waals surface area contributed by atoms with Gasteiger partial charge in [0.15, 0.2) is 0 Å². The summed E-state index contributed by atoms with van der Waals surface area (Å²) < 4.78 is 26.4. The fraction of sp³-hybridized carbons (Fsp3) is 0.417. The second-order valence-corrected chi connectivity index (χ2v) is 5.40. The van der Waals surface area contributed by atoms with Crippen LogP contribution >= 0.6 is 15.9 Å². The van der Waals surface area contributed by atoms with Crippen LogP contribution < -0.4 is 0 Å². The zero-order chi connectivity index (χ0) is 13.2. The van der Waals surface area contributed by atoms with E-state index in [9.17, 15) is 13.6 Å². The van der Waals surface area contributed by atoms with Crippen molar-refractivity contribution in [3.8, 4) is 0 Å². The number of rotatable bonds is 4. The Labute approximate surface area is 107 Å². The van der Waals surface area contributed by atoms with Gasteiger partial charge in [-0.05, 0) is 17.7 Å². The molecule has 0 fully saturated rings. The Morgan fingerprint density at radius 1 is 1.47 bits per heavy atom. The van der Waals surface area contributed by atoms with Gasteiger partial charge in [-0.25, -0.2) is 8.78 Å². The minimum absolute atomic E-state index is 0.112. The molecule has 0 unspecified atom stereocenters. The van der Waals surface area contributed by atoms with Crippen LogP contribution in [0.15, 0.2) is 22.7 Å². The van der Waals surface area contributed by atoms with E-state index in [1.165, 1.54) is 12.1 Å². The number of carbonyl (C=O) groups is 1. The van der Waals surface area contributed by atoms with Crippen molar-refractivity contribution < 1.29 is 18.7 Å². The fourth-order valence-corrected chi connectivity index (χ4v) is 2.14. The molecule has 0 saturated carbocycles. The van der Waals surface area contributed by atoms with Gasteiger partial charge in [0.25, 0.3) is 6.43 Å². The number of hydrogen-bond donors (Lipinski definition) is 1. The first-order valence-corrected chi connectivity index (χ1v) is 5.83. The summed E-state index contributed by atoms with van der Waals surface area (Å²) in [6.45, 7) is 3.30. The van der Waals surface area contributed by atoms with Gasteiger partial charge in [0.05, 0.1) is 6.42 Å². The number of hydrogen-bond acceptors (Lipinski definition) is 1. The van der Waals surface area contributed by atoms with E-state index < -0.39 is 17.8 Å². The lowest BCUT2D eigenvalue weighted by atomic mass is 9.79. The van der Waals surface area contributed by atoms with Gasteiger partial charge in [0.1, 0.15) is 0 Å². The Hall–Kier alpha value is -0.970. The van der Waals surface area contributed by atoms with Crippen LogP contribution in [0.25, 0.3) is 0 Å². The standard InChI is InChI=1S/C12H13BrF2O2/c1-12(2,6-10(16)17)9-5-7(13)3-4-8(9)11(14)15/h3-5,11H,6H2,1-2H3,(H,16,17). The van der Waals surface area contributed by atoms with Gasteiger partial charge in [0, 0.05) is 15.5 Å². The third kappa shape index (κ3) is 3.49. The first-order valence-electron chi connectivity index (χ1n) is 5.04. The molecule has 0 radical (unpaired) electrons. The van der Waals surface area contributed by atoms with E-state index in [0.717, 1.165) is 0 Å². The Morgan fingerprint density at radius 3 is 2.53 bits per heavy atom. The third-order valence-electron chi connectivity index (χ3n) is 2.57. The summed E-state index contributed by atoms with van der Waals surface area (Å²) >= 11 is 3.21. The molecule has 0 aromatic heterocycles. The molecule has 94 valence electrons. The van der Waals surface area contributed by atoms with Crippen LogP contribution in [0, 0.1) is 0 Å². The molecule has 0 aliphatic rings. The van der Waals surface area contributed by atoms with Crippen LogP contribution in [0.4, 0.5) is 8.78 Å². The summed E-state index contributed by atoms with van der Waals surface area (Å²) in [7, 11) is 0. The molecule has 17 heavy (non-hydrogen) atoms. The summed E-state index contributed by atoms with van der Waals surface area (Å²) in [5.74, 6) is -1.00. The van der Waals surface area contributed by atoms with Crippen LogP contribution in [0.5, 0.6) is 0 Å². The Balaban J connectivity index is 3.27. The predicted molar refractivity (Wildman–Crippen MR) is 64.4 cm³/mol. The lowest BCUT2D eigenvalue weighted by Crippen LogP contribution is -2.23. The van der Waals surface area contributed by atoms with Gasteiger partial charge in [0.2, 0.25) is 0 Å². The number of alkyl halides is 2. The Morgan fingerprint density at radius 2 is 2.06 bits per heavy atom. The third-order valence-corrected chi connectivity index (χ3v) is 3.07. The fourth-order valence-electron chi connectivity index (χ4n) is 1.78. The summed E-state index contributed by atoms with van der Waals surface area (Å²) in [6, 6.07) is 4.42. The van der Waals surface area contributed by atoms with E-state index in [2.05, 4.69) is 15.9 Å². The molecule has 1 aromatic carbocycles. The van der Waals surface area contributed by atoms with E-state index in [1.807, 2.05) is 0 Å². The number of carboxylic acids is 1. The van der Waals surface area contributed by atoms with E-state index in [0.29, 0.717) is 10.0 Å². The van der Waals surface area contributed by atoms with E-state index >= 15 is 0 Å². The molecule has 0 spiro atoms. The molecule has 0 bridgehead atoms. The van der Waals surface area contributed by atoms with Crippen molar-refractivity contribution in [3.05, 3.63) is 33.8 Å². The van der Waals surface area contributed by atoms with Gasteiger partial charge in [-0.15, -0.1) is 0 Å². The summed E-state index contributed by atoms with van der Waals surface area (Å²) in [5.41, 5.74) is -0.579. The lowest BCUT2D eigenvalue weighted by Gasteiger charge is -2.26. The molecule has 0 aliphatic carbocycles. The molecule has 1 N–H and O–H groups in total. The minimum atomic E-state index is -2.61. The highest BCUT2D eigenvalue weighted by Crippen LogP contribution is 2.36. The molecule has 5 heteroatoms. The normalized spacial score (nSPS) is 11.9. The quantitative estimate of drug-likeness (QED) is 0.907. The topological polar surface area (TPSA) is 37.3 Å². The van der Waals surface area contributed by atoms with Gasteiger partial charge >= 0.3 is 5.97 Å². The molecular weight excluding hydrogens is 294 g/mol. The average Bonchev–Trinajstić information content (AvgIpc) is 2.14. The molecule has 0 heterocycles. The molecule has 0 saturated heterocycles. The van der Waals surface area contributed by atoms with Crippen LogP contribution in [0.2, 0.25) is 0 Å². The summed E-state index contributed by atoms with van der Waals surface area (Å²) in [6.07, 6.45) is -2.80. The maximum Gasteiger partial charge on any atom is 0.304 e. The molecule has 2 nitrogen and oxygen atoms in total. The van der Waals surface area contributed by atoms with Gasteiger partial charge < -0.3 is 5.11 Å². The van der Waals surface area contributed by atoms with Crippen LogP contribution in [-0.2, 0) is 10.2 Å². The molecule has 0 amide bonds. The molecular formula is C12H13BrF2O2. The number of carboxylic acid groups (broad SMARTS) is 1. The van der Waals surface area contributed by atoms with Gasteiger partial charge in [-0.1, -0.05) is 35.8 Å². The maximum atomic E-state index is 12.9. The first kappa shape index (κ1) is 14.1. The van der Waals surface area contributed by atoms with Crippen LogP contribution in [0.3, 0.4) is 0 Å². The summed E-state index contributed by atoms with van der Waals surface area (Å²) in [4.78, 5) is 10.8. The zero-order valence-electron chi connectivity index (χ0n) is 9.51. The van der Waals surface area contributed by atoms with E-state index in [4.69, 9.17) is 5.11 Å². The van der Waals surface area contributed by atoms with Crippen molar-refractivity contribution in [1.82, 2.24) is 0 Å². The highest BCUT2D eigenvalue weighted by Gasteiger charge is 2.29. The highest BCUT2D eigenvalue weighted by molar-refractivity contribution is 9.10. The number of benzene rings is 1. The smallest absolute Gasteiger partial charge is 0.304 e. The van der Waals surface area contributed by atoms with Gasteiger partial charge in [-0.3, -0.25) is 4.79 Å². The molecule has 0 aliphatic heterocycles. The Bertz CT molecular complexity index is 431. The minimum Gasteiger partial charge on any atom is -0.481 e. The highest BCUT2D eigenvalue weighted by atomic mass is 79.9. The maximum absolute atomic E-state index is 12.9. The largest absolute Gasteiger partial charge is 0.481 e. The van der Waals surface area contributed by atoms with Gasteiger partial charge in [-0.2, -0.15) is 0 Å². The van der Waals surface area contributed by atoms with Crippen molar-refractivity contribution >= 4 is 21.9 Å². The zero-order valence-corrected chi connectivity index (χ0v) is 11.1. The molecule has 1 rings (SSSR count). The Kier molecular flexibility index (Phi) is 4.25. The SMILES string of the molecule is CC(C)(CC(=O)O)c1cc(Br)ccc1C(F)F. The summed E-state index contributed by atoms with van der Waals surface area (Å²) in [5, 5.41) is 8.81. The number of halogens is 3. The van der Waals surface area contributed by atoms with Crippen molar-refractivity contribution in [2.24, 2.45) is 0 Å². The average molecular weight is 307 g/mol. The second-order valence-electron chi connectivity index (χ2n) is 4.49. The lowest BCUT2D eigenvalue weighted by molar-refractivity contribution is -0.138. The number of aliphatic carboxylic acids is 1. The van der Waals surface area contributed by atoms with Crippen molar-refractivity contribution in [1.29, 1.82) is 0 Å². The molecule has 1 aromatic rings. The van der Waals surface area contributed by atoms with Crippen molar-refractivity contribution in [2.75, 3.05) is 0 Å². The second kappa shape index (κ2) is 5.12.